The maximum absolute atomic E-state index is 2.35. The quantitative estimate of drug-likeness (QED) is 0.403. The molecule has 0 radical (unpaired) electrons. The summed E-state index contributed by atoms with van der Waals surface area (Å²) in [5.74, 6) is 2.05. The highest BCUT2D eigenvalue weighted by Crippen LogP contribution is 2.30. The monoisotopic (exact) mass is 96.1 g/mol. The average molecular weight is 96.0 g/mol. The SMILES string of the molecule is C[C@H]1B[C@H](C)CC1. The van der Waals surface area contributed by atoms with E-state index in [0.717, 1.165) is 11.6 Å². The molecule has 0 nitrogen and oxygen atoms in total. The predicted octanol–water partition coefficient (Wildman–Crippen LogP) is 1.83. The number of hydrogen-bond acceptors (Lipinski definition) is 0. The van der Waals surface area contributed by atoms with Crippen molar-refractivity contribution in [3.05, 3.63) is 0 Å². The molecule has 1 saturated heterocycles. The first-order chi connectivity index (χ1) is 3.29. The van der Waals surface area contributed by atoms with Crippen LogP contribution >= 0.6 is 0 Å². The minimum Gasteiger partial charge on any atom is -0.0694 e. The van der Waals surface area contributed by atoms with Gasteiger partial charge in [0.25, 0.3) is 0 Å². The summed E-state index contributed by atoms with van der Waals surface area (Å²) < 4.78 is 0. The van der Waals surface area contributed by atoms with Gasteiger partial charge in [0.05, 0.1) is 0 Å². The van der Waals surface area contributed by atoms with E-state index in [4.69, 9.17) is 0 Å². The molecule has 0 unspecified atom stereocenters. The molecule has 0 aromatic rings. The van der Waals surface area contributed by atoms with Crippen molar-refractivity contribution in [3.63, 3.8) is 0 Å². The summed E-state index contributed by atoms with van der Waals surface area (Å²) in [6.07, 6.45) is 2.95. The fraction of sp³-hybridized carbons (Fsp3) is 1.00. The number of hydrogen-bond donors (Lipinski definition) is 0. The zero-order valence-corrected chi connectivity index (χ0v) is 5.28. The minimum atomic E-state index is 1.02. The molecule has 1 fully saturated rings. The predicted molar refractivity (Wildman–Crippen MR) is 35.2 cm³/mol. The summed E-state index contributed by atoms with van der Waals surface area (Å²) in [5.41, 5.74) is 0. The molecule has 1 heteroatoms. The largest absolute Gasteiger partial charge is 0.126 e. The van der Waals surface area contributed by atoms with E-state index in [2.05, 4.69) is 13.8 Å². The van der Waals surface area contributed by atoms with Crippen molar-refractivity contribution in [2.24, 2.45) is 0 Å². The smallest absolute Gasteiger partial charge is 0.0694 e. The van der Waals surface area contributed by atoms with Crippen molar-refractivity contribution >= 4 is 7.28 Å². The Kier molecular flexibility index (Phi) is 1.41. The molecule has 40 valence electrons. The van der Waals surface area contributed by atoms with Gasteiger partial charge in [0, 0.05) is 0 Å². The maximum Gasteiger partial charge on any atom is 0.126 e. The molecule has 0 amide bonds. The van der Waals surface area contributed by atoms with Gasteiger partial charge in [-0.15, -0.1) is 0 Å². The Hall–Kier alpha value is 0.0649. The zero-order valence-electron chi connectivity index (χ0n) is 5.28. The van der Waals surface area contributed by atoms with Gasteiger partial charge in [0.1, 0.15) is 7.28 Å². The van der Waals surface area contributed by atoms with E-state index in [9.17, 15) is 0 Å². The van der Waals surface area contributed by atoms with Crippen molar-refractivity contribution in [1.82, 2.24) is 0 Å². The van der Waals surface area contributed by atoms with Crippen LogP contribution in [0.25, 0.3) is 0 Å². The summed E-state index contributed by atoms with van der Waals surface area (Å²) >= 11 is 0. The molecule has 0 bridgehead atoms. The molecule has 1 aliphatic heterocycles. The van der Waals surface area contributed by atoms with Crippen molar-refractivity contribution in [1.29, 1.82) is 0 Å². The third-order valence-electron chi connectivity index (χ3n) is 1.96. The molecule has 0 spiro atoms. The van der Waals surface area contributed by atoms with E-state index in [0.29, 0.717) is 0 Å². The van der Waals surface area contributed by atoms with E-state index in [1.54, 1.807) is 0 Å². The van der Waals surface area contributed by atoms with Gasteiger partial charge in [0.15, 0.2) is 0 Å². The van der Waals surface area contributed by atoms with Crippen LogP contribution < -0.4 is 0 Å². The molecule has 0 aromatic carbocycles. The second-order valence-corrected chi connectivity index (χ2v) is 3.02. The summed E-state index contributed by atoms with van der Waals surface area (Å²) in [4.78, 5) is 0. The van der Waals surface area contributed by atoms with Gasteiger partial charge < -0.3 is 0 Å². The standard InChI is InChI=1S/C6H13B/c1-5-3-4-6(2)7-5/h5-7H,3-4H2,1-2H3/t5-,6-/m1/s1. The van der Waals surface area contributed by atoms with Crippen LogP contribution in [0.15, 0.2) is 0 Å². The fourth-order valence-electron chi connectivity index (χ4n) is 1.49. The van der Waals surface area contributed by atoms with Crippen molar-refractivity contribution in [2.75, 3.05) is 0 Å². The van der Waals surface area contributed by atoms with Crippen LogP contribution in [0.2, 0.25) is 11.6 Å². The normalized spacial score (nSPS) is 40.9. The Bertz CT molecular complexity index is 53.2. The molecule has 0 N–H and O–H groups in total. The topological polar surface area (TPSA) is 0 Å². The Morgan fingerprint density at radius 1 is 1.14 bits per heavy atom. The second kappa shape index (κ2) is 1.89. The molecule has 2 atom stereocenters. The Morgan fingerprint density at radius 3 is 1.71 bits per heavy atom. The van der Waals surface area contributed by atoms with E-state index in [1.165, 1.54) is 20.1 Å². The van der Waals surface area contributed by atoms with Gasteiger partial charge in [-0.25, -0.2) is 0 Å². The lowest BCUT2D eigenvalue weighted by Gasteiger charge is -1.93. The van der Waals surface area contributed by atoms with Crippen LogP contribution in [0.3, 0.4) is 0 Å². The molecular formula is C6H13B. The van der Waals surface area contributed by atoms with Gasteiger partial charge in [-0.3, -0.25) is 0 Å². The Labute approximate surface area is 46.5 Å². The molecular weight excluding hydrogens is 82.9 g/mol. The molecule has 7 heavy (non-hydrogen) atoms. The van der Waals surface area contributed by atoms with Crippen molar-refractivity contribution in [2.45, 2.75) is 38.3 Å². The first-order valence-electron chi connectivity index (χ1n) is 3.29. The van der Waals surface area contributed by atoms with Gasteiger partial charge in [-0.1, -0.05) is 38.3 Å². The molecule has 0 aliphatic carbocycles. The van der Waals surface area contributed by atoms with Gasteiger partial charge in [-0.2, -0.15) is 0 Å². The van der Waals surface area contributed by atoms with E-state index < -0.39 is 0 Å². The zero-order chi connectivity index (χ0) is 5.28. The number of rotatable bonds is 0. The van der Waals surface area contributed by atoms with Gasteiger partial charge in [0.2, 0.25) is 0 Å². The average Bonchev–Trinajstić information content (AvgIpc) is 1.87. The first-order valence-corrected chi connectivity index (χ1v) is 3.29. The van der Waals surface area contributed by atoms with Crippen LogP contribution in [0, 0.1) is 0 Å². The Balaban J connectivity index is 2.26. The summed E-state index contributed by atoms with van der Waals surface area (Å²) in [5, 5.41) is 0. The Morgan fingerprint density at radius 2 is 1.57 bits per heavy atom. The van der Waals surface area contributed by atoms with Crippen LogP contribution in [0.5, 0.6) is 0 Å². The van der Waals surface area contributed by atoms with Gasteiger partial charge >= 0.3 is 0 Å². The lowest BCUT2D eigenvalue weighted by atomic mass is 9.62. The maximum atomic E-state index is 2.35. The lowest BCUT2D eigenvalue weighted by molar-refractivity contribution is 0.765. The van der Waals surface area contributed by atoms with Crippen LogP contribution in [0.1, 0.15) is 26.7 Å². The van der Waals surface area contributed by atoms with Gasteiger partial charge in [-0.05, 0) is 0 Å². The van der Waals surface area contributed by atoms with Crippen LogP contribution in [-0.4, -0.2) is 7.28 Å². The van der Waals surface area contributed by atoms with Crippen molar-refractivity contribution < 1.29 is 0 Å². The summed E-state index contributed by atoms with van der Waals surface area (Å²) in [6.45, 7) is 4.70. The van der Waals surface area contributed by atoms with Crippen LogP contribution in [0.4, 0.5) is 0 Å². The van der Waals surface area contributed by atoms with Crippen LogP contribution in [-0.2, 0) is 0 Å². The van der Waals surface area contributed by atoms with E-state index >= 15 is 0 Å². The third kappa shape index (κ3) is 1.22. The molecule has 1 rings (SSSR count). The second-order valence-electron chi connectivity index (χ2n) is 3.02. The summed E-state index contributed by atoms with van der Waals surface area (Å²) in [7, 11) is 1.47. The third-order valence-corrected chi connectivity index (χ3v) is 1.96. The van der Waals surface area contributed by atoms with E-state index in [-0.39, 0.29) is 0 Å². The molecule has 1 heterocycles. The molecule has 1 aliphatic rings. The summed E-state index contributed by atoms with van der Waals surface area (Å²) in [6, 6.07) is 0. The minimum absolute atomic E-state index is 1.02. The van der Waals surface area contributed by atoms with Crippen molar-refractivity contribution in [3.8, 4) is 0 Å². The van der Waals surface area contributed by atoms with E-state index in [1.807, 2.05) is 0 Å². The fourth-order valence-corrected chi connectivity index (χ4v) is 1.49. The molecule has 0 aromatic heterocycles. The first kappa shape index (κ1) is 5.21. The highest BCUT2D eigenvalue weighted by atomic mass is 14.1. The molecule has 0 saturated carbocycles. The highest BCUT2D eigenvalue weighted by Gasteiger charge is 2.17. The lowest BCUT2D eigenvalue weighted by Crippen LogP contribution is -1.91. The highest BCUT2D eigenvalue weighted by molar-refractivity contribution is 6.40.